The van der Waals surface area contributed by atoms with E-state index in [1.165, 1.54) is 130 Å². The van der Waals surface area contributed by atoms with Gasteiger partial charge in [-0.1, -0.05) is 178 Å². The number of fused-ring (bicyclic) bond motifs is 9. The first-order valence-corrected chi connectivity index (χ1v) is 28.1. The lowest BCUT2D eigenvalue weighted by Gasteiger charge is -2.54. The SMILES string of the molecule is Cc1cc2c3c(c1)N1c4ccc(C(C)(C)C)cc4C4(C)CCC(C)(C)c5ccc(c1c54)B3C1=C(C3C=C(C(C)(C)C)C=CC3S1)N2c1c(C)cc(C(C)(C)C)cc1-c1ccc2c(c1)C(C)(C)CCC2(C)C. The third kappa shape index (κ3) is 6.73. The quantitative estimate of drug-likeness (QED) is 0.163. The monoisotopic (exact) mass is 955 g/mol. The van der Waals surface area contributed by atoms with Crippen molar-refractivity contribution in [2.45, 2.75) is 188 Å². The van der Waals surface area contributed by atoms with Crippen LogP contribution in [0.3, 0.4) is 0 Å². The van der Waals surface area contributed by atoms with Crippen molar-refractivity contribution in [2.24, 2.45) is 11.3 Å². The van der Waals surface area contributed by atoms with E-state index in [2.05, 4.69) is 237 Å². The van der Waals surface area contributed by atoms with Gasteiger partial charge in [-0.05, 0) is 173 Å². The van der Waals surface area contributed by atoms with Crippen LogP contribution in [0.25, 0.3) is 11.1 Å². The fourth-order valence-corrected chi connectivity index (χ4v) is 15.9. The Hall–Kier alpha value is -4.67. The Morgan fingerprint density at radius 3 is 1.89 bits per heavy atom. The van der Waals surface area contributed by atoms with E-state index in [1.807, 2.05) is 0 Å². The zero-order valence-corrected chi connectivity index (χ0v) is 47.3. The molecule has 71 heavy (non-hydrogen) atoms. The van der Waals surface area contributed by atoms with Crippen molar-refractivity contribution in [3.63, 3.8) is 0 Å². The van der Waals surface area contributed by atoms with Gasteiger partial charge in [0.25, 0.3) is 6.71 Å². The number of allylic oxidation sites excluding steroid dienone is 3. The predicted molar refractivity (Wildman–Crippen MR) is 310 cm³/mol. The minimum absolute atomic E-state index is 0.0271. The van der Waals surface area contributed by atoms with E-state index in [0.717, 1.165) is 6.42 Å². The molecule has 0 N–H and O–H groups in total. The number of nitrogens with zero attached hydrogens (tertiary/aromatic N) is 2. The first-order valence-electron chi connectivity index (χ1n) is 27.2. The van der Waals surface area contributed by atoms with E-state index in [4.69, 9.17) is 0 Å². The highest BCUT2D eigenvalue weighted by atomic mass is 32.2. The summed E-state index contributed by atoms with van der Waals surface area (Å²) >= 11 is 2.16. The van der Waals surface area contributed by atoms with Gasteiger partial charge in [0.2, 0.25) is 0 Å². The number of anilines is 5. The molecule has 5 aromatic rings. The molecule has 0 amide bonds. The Labute approximate surface area is 433 Å². The second-order valence-corrected chi connectivity index (χ2v) is 29.7. The minimum Gasteiger partial charge on any atom is -0.313 e. The number of benzene rings is 5. The molecule has 5 aromatic carbocycles. The molecule has 3 aliphatic carbocycles. The van der Waals surface area contributed by atoms with Gasteiger partial charge in [-0.3, -0.25) is 0 Å². The van der Waals surface area contributed by atoms with Crippen LogP contribution >= 0.6 is 11.8 Å². The summed E-state index contributed by atoms with van der Waals surface area (Å²) in [5, 5.41) is 0.310. The zero-order valence-electron chi connectivity index (χ0n) is 46.5. The van der Waals surface area contributed by atoms with Crippen molar-refractivity contribution in [3.8, 4) is 11.1 Å². The van der Waals surface area contributed by atoms with Crippen molar-refractivity contribution in [1.29, 1.82) is 0 Å². The summed E-state index contributed by atoms with van der Waals surface area (Å²) in [6.07, 6.45) is 12.4. The molecule has 4 heteroatoms. The summed E-state index contributed by atoms with van der Waals surface area (Å²) in [4.78, 5) is 7.16. The molecule has 0 radical (unpaired) electrons. The fourth-order valence-electron chi connectivity index (χ4n) is 14.4. The maximum Gasteiger partial charge on any atom is 0.259 e. The molecule has 2 nitrogen and oxygen atoms in total. The standard InChI is InChI=1S/C67H79BN2S/c1-38-31-52-56-53(32-38)70(57-39(2)33-43(63(9,10)11)36-44(57)40-19-22-46-48(34-40)66(16,17)28-27-64(46,12)13)58-45-35-41(61(3,4)5)21-26-54(45)71-60(58)68(56)50-24-23-47-55-59(50)69(52)51-25-20-42(62(6,7)8)37-49(51)67(55,18)30-29-65(47,14)15/h19-26,31-37,45,54H,27-30H2,1-18H3. The van der Waals surface area contributed by atoms with Crippen LogP contribution in [-0.2, 0) is 32.5 Å². The van der Waals surface area contributed by atoms with Crippen LogP contribution in [0.15, 0.2) is 107 Å². The topological polar surface area (TPSA) is 6.48 Å². The highest BCUT2D eigenvalue weighted by Crippen LogP contribution is 2.64. The Morgan fingerprint density at radius 1 is 0.577 bits per heavy atom. The van der Waals surface area contributed by atoms with Crippen molar-refractivity contribution >= 4 is 57.8 Å². The normalized spacial score (nSPS) is 23.9. The number of hydrogen-bond donors (Lipinski definition) is 0. The Morgan fingerprint density at radius 2 is 1.21 bits per heavy atom. The number of hydrogen-bond acceptors (Lipinski definition) is 3. The minimum atomic E-state index is -0.102. The summed E-state index contributed by atoms with van der Waals surface area (Å²) < 4.78 is 0. The second-order valence-electron chi connectivity index (χ2n) is 28.5. The Balaban J connectivity index is 1.20. The van der Waals surface area contributed by atoms with Crippen molar-refractivity contribution in [3.05, 3.63) is 157 Å². The number of thioether (sulfide) groups is 1. The predicted octanol–water partition coefficient (Wildman–Crippen LogP) is 17.2. The molecule has 4 aliphatic heterocycles. The molecule has 7 aliphatic rings. The van der Waals surface area contributed by atoms with Crippen LogP contribution in [0.1, 0.15) is 187 Å². The lowest BCUT2D eigenvalue weighted by atomic mass is 9.35. The molecule has 0 fully saturated rings. The molecule has 12 rings (SSSR count). The van der Waals surface area contributed by atoms with E-state index < -0.39 is 0 Å². The Kier molecular flexibility index (Phi) is 9.85. The van der Waals surface area contributed by atoms with Crippen molar-refractivity contribution < 1.29 is 0 Å². The third-order valence-electron chi connectivity index (χ3n) is 19.0. The van der Waals surface area contributed by atoms with Gasteiger partial charge in [0.15, 0.2) is 0 Å². The third-order valence-corrected chi connectivity index (χ3v) is 20.4. The van der Waals surface area contributed by atoms with Crippen molar-refractivity contribution in [2.75, 3.05) is 9.80 Å². The van der Waals surface area contributed by atoms with Crippen LogP contribution in [0.5, 0.6) is 0 Å². The van der Waals surface area contributed by atoms with Gasteiger partial charge < -0.3 is 9.80 Å². The van der Waals surface area contributed by atoms with Gasteiger partial charge >= 0.3 is 0 Å². The first kappa shape index (κ1) is 47.3. The summed E-state index contributed by atoms with van der Waals surface area (Å²) in [5.74, 6) is 0.219. The largest absolute Gasteiger partial charge is 0.313 e. The fraction of sp³-hybridized carbons (Fsp3) is 0.463. The molecule has 3 atom stereocenters. The van der Waals surface area contributed by atoms with Gasteiger partial charge in [-0.15, -0.1) is 11.8 Å². The summed E-state index contributed by atoms with van der Waals surface area (Å²) in [7, 11) is 0. The molecule has 0 saturated carbocycles. The molecular weight excluding hydrogens is 876 g/mol. The van der Waals surface area contributed by atoms with Gasteiger partial charge in [0.05, 0.1) is 11.4 Å². The van der Waals surface area contributed by atoms with E-state index in [9.17, 15) is 0 Å². The van der Waals surface area contributed by atoms with Crippen molar-refractivity contribution in [1.82, 2.24) is 0 Å². The summed E-state index contributed by atoms with van der Waals surface area (Å²) in [6, 6.07) is 30.6. The second kappa shape index (κ2) is 14.8. The van der Waals surface area contributed by atoms with Gasteiger partial charge in [0.1, 0.15) is 0 Å². The highest BCUT2D eigenvalue weighted by molar-refractivity contribution is 8.06. The maximum absolute atomic E-state index is 2.85. The molecular formula is C67H79BN2S. The van der Waals surface area contributed by atoms with E-state index in [0.29, 0.717) is 5.25 Å². The van der Waals surface area contributed by atoms with Gasteiger partial charge in [-0.2, -0.15) is 0 Å². The lowest BCUT2D eigenvalue weighted by Crippen LogP contribution is -2.58. The smallest absolute Gasteiger partial charge is 0.259 e. The molecule has 0 bridgehead atoms. The molecule has 0 spiro atoms. The maximum atomic E-state index is 2.85. The van der Waals surface area contributed by atoms with Crippen LogP contribution in [-0.4, -0.2) is 12.0 Å². The number of rotatable bonds is 2. The van der Waals surface area contributed by atoms with E-state index in [-0.39, 0.29) is 50.5 Å². The number of aryl methyl sites for hydroxylation is 2. The average Bonchev–Trinajstić information content (AvgIpc) is 3.66. The van der Waals surface area contributed by atoms with E-state index in [1.54, 1.807) is 5.56 Å². The molecule has 0 aromatic heterocycles. The van der Waals surface area contributed by atoms with Gasteiger partial charge in [-0.25, -0.2) is 0 Å². The average molecular weight is 955 g/mol. The molecule has 366 valence electrons. The molecule has 4 heterocycles. The van der Waals surface area contributed by atoms with Crippen LogP contribution < -0.4 is 20.7 Å². The first-order chi connectivity index (χ1) is 33.0. The summed E-state index contributed by atoms with van der Waals surface area (Å²) in [6.45, 7) is 43.9. The Bertz CT molecular complexity index is 3280. The molecule has 3 unspecified atom stereocenters. The summed E-state index contributed by atoms with van der Waals surface area (Å²) in [5.41, 5.74) is 28.8. The van der Waals surface area contributed by atoms with Gasteiger partial charge in [0, 0.05) is 44.9 Å². The van der Waals surface area contributed by atoms with E-state index >= 15 is 0 Å². The molecule has 0 saturated heterocycles. The van der Waals surface area contributed by atoms with Crippen LogP contribution in [0, 0.1) is 25.2 Å². The highest BCUT2D eigenvalue weighted by Gasteiger charge is 2.56. The zero-order chi connectivity index (χ0) is 50.7. The van der Waals surface area contributed by atoms with Crippen LogP contribution in [0.4, 0.5) is 28.4 Å². The van der Waals surface area contributed by atoms with Crippen LogP contribution in [0.2, 0.25) is 0 Å². The lowest BCUT2D eigenvalue weighted by molar-refractivity contribution is 0.332.